The molecule has 0 unspecified atom stereocenters. The molecule has 2 aromatic rings. The van der Waals surface area contributed by atoms with E-state index in [1.165, 1.54) is 17.7 Å². The molecule has 0 radical (unpaired) electrons. The largest absolute Gasteiger partial charge is 0.444 e. The number of amides is 1. The van der Waals surface area contributed by atoms with Crippen LogP contribution in [0.4, 0.5) is 13.6 Å². The highest BCUT2D eigenvalue weighted by atomic mass is 19.1. The van der Waals surface area contributed by atoms with E-state index in [0.717, 1.165) is 25.6 Å². The van der Waals surface area contributed by atoms with Crippen LogP contribution in [0.25, 0.3) is 0 Å². The predicted molar refractivity (Wildman–Crippen MR) is 108 cm³/mol. The van der Waals surface area contributed by atoms with E-state index in [9.17, 15) is 13.6 Å². The second kappa shape index (κ2) is 8.91. The quantitative estimate of drug-likeness (QED) is 0.761. The first-order chi connectivity index (χ1) is 13.7. The number of benzene rings is 2. The van der Waals surface area contributed by atoms with Crippen molar-refractivity contribution in [3.63, 3.8) is 0 Å². The summed E-state index contributed by atoms with van der Waals surface area (Å²) in [7, 11) is 0. The summed E-state index contributed by atoms with van der Waals surface area (Å²) in [5.74, 6) is -1.31. The van der Waals surface area contributed by atoms with Gasteiger partial charge in [0.05, 0.1) is 6.04 Å². The zero-order valence-electron chi connectivity index (χ0n) is 17.1. The van der Waals surface area contributed by atoms with Crippen molar-refractivity contribution in [2.75, 3.05) is 13.1 Å². The van der Waals surface area contributed by atoms with Gasteiger partial charge < -0.3 is 10.1 Å². The summed E-state index contributed by atoms with van der Waals surface area (Å²) in [6.07, 6.45) is 0.192. The molecule has 156 valence electrons. The molecule has 1 aliphatic rings. The van der Waals surface area contributed by atoms with Gasteiger partial charge in [-0.1, -0.05) is 36.4 Å². The highest BCUT2D eigenvalue weighted by molar-refractivity contribution is 5.68. The second-order valence-corrected chi connectivity index (χ2v) is 8.56. The molecule has 3 rings (SSSR count). The average Bonchev–Trinajstić information content (AvgIpc) is 3.08. The van der Waals surface area contributed by atoms with Crippen molar-refractivity contribution in [2.24, 2.45) is 5.92 Å². The van der Waals surface area contributed by atoms with E-state index in [4.69, 9.17) is 4.74 Å². The summed E-state index contributed by atoms with van der Waals surface area (Å²) in [6, 6.07) is 13.0. The van der Waals surface area contributed by atoms with Crippen molar-refractivity contribution in [1.29, 1.82) is 0 Å². The van der Waals surface area contributed by atoms with Gasteiger partial charge in [0.15, 0.2) is 0 Å². The second-order valence-electron chi connectivity index (χ2n) is 8.56. The van der Waals surface area contributed by atoms with Crippen molar-refractivity contribution in [3.05, 3.63) is 71.3 Å². The molecule has 1 N–H and O–H groups in total. The molecule has 0 bridgehead atoms. The highest BCUT2D eigenvalue weighted by Gasteiger charge is 2.34. The molecule has 1 amide bonds. The Balaban J connectivity index is 1.76. The van der Waals surface area contributed by atoms with E-state index >= 15 is 0 Å². The first-order valence-corrected chi connectivity index (χ1v) is 9.92. The maximum Gasteiger partial charge on any atom is 0.408 e. The van der Waals surface area contributed by atoms with Crippen LogP contribution in [0.1, 0.15) is 44.4 Å². The minimum Gasteiger partial charge on any atom is -0.444 e. The molecule has 29 heavy (non-hydrogen) atoms. The van der Waals surface area contributed by atoms with Gasteiger partial charge in [-0.05, 0) is 51.3 Å². The zero-order chi connectivity index (χ0) is 21.0. The number of hydrogen-bond acceptors (Lipinski definition) is 3. The number of alkyl carbamates (subject to hydrolysis) is 1. The van der Waals surface area contributed by atoms with Crippen molar-refractivity contribution < 1.29 is 18.3 Å². The van der Waals surface area contributed by atoms with Gasteiger partial charge >= 0.3 is 6.09 Å². The smallest absolute Gasteiger partial charge is 0.408 e. The number of carbonyl (C=O) groups is 1. The molecule has 1 heterocycles. The molecular weight excluding hydrogens is 374 g/mol. The molecule has 0 aliphatic carbocycles. The lowest BCUT2D eigenvalue weighted by molar-refractivity contribution is 0.0484. The monoisotopic (exact) mass is 402 g/mol. The molecule has 4 nitrogen and oxygen atoms in total. The van der Waals surface area contributed by atoms with Crippen LogP contribution >= 0.6 is 0 Å². The number of ether oxygens (including phenoxy) is 1. The normalized spacial score (nSPS) is 18.4. The van der Waals surface area contributed by atoms with Crippen LogP contribution in [-0.4, -0.2) is 29.7 Å². The molecular formula is C23H28F2N2O2. The summed E-state index contributed by atoms with van der Waals surface area (Å²) >= 11 is 0. The summed E-state index contributed by atoms with van der Waals surface area (Å²) < 4.78 is 33.3. The third-order valence-electron chi connectivity index (χ3n) is 5.00. The number of nitrogens with one attached hydrogen (secondary N) is 1. The first-order valence-electron chi connectivity index (χ1n) is 9.92. The lowest BCUT2D eigenvalue weighted by Gasteiger charge is -2.28. The van der Waals surface area contributed by atoms with Crippen molar-refractivity contribution >= 4 is 6.09 Å². The van der Waals surface area contributed by atoms with Gasteiger partial charge in [0.2, 0.25) is 0 Å². The minimum absolute atomic E-state index is 0.00816. The van der Waals surface area contributed by atoms with Crippen LogP contribution in [0, 0.1) is 17.6 Å². The molecule has 2 aromatic carbocycles. The summed E-state index contributed by atoms with van der Waals surface area (Å²) in [5.41, 5.74) is 0.826. The maximum absolute atomic E-state index is 14.5. The lowest BCUT2D eigenvalue weighted by atomic mass is 9.92. The molecule has 2 atom stereocenters. The number of likely N-dealkylation sites (tertiary alicyclic amines) is 1. The van der Waals surface area contributed by atoms with Crippen LogP contribution in [0.3, 0.4) is 0 Å². The standard InChI is InChI=1S/C23H28F2N2O2/c1-23(2,3)29-22(28)26-21(19-10-9-18(24)13-20(19)25)17-11-12-27(15-17)14-16-7-5-4-6-8-16/h4-10,13,17,21H,11-12,14-15H2,1-3H3,(H,26,28)/t17-,21-/m1/s1. The van der Waals surface area contributed by atoms with E-state index in [-0.39, 0.29) is 11.5 Å². The molecule has 6 heteroatoms. The van der Waals surface area contributed by atoms with Crippen LogP contribution in [-0.2, 0) is 11.3 Å². The number of rotatable bonds is 5. The van der Waals surface area contributed by atoms with E-state index in [1.807, 2.05) is 18.2 Å². The third kappa shape index (κ3) is 6.00. The van der Waals surface area contributed by atoms with Gasteiger partial charge in [-0.2, -0.15) is 0 Å². The summed E-state index contributed by atoms with van der Waals surface area (Å²) in [6.45, 7) is 7.66. The topological polar surface area (TPSA) is 41.6 Å². The molecule has 1 aliphatic heterocycles. The third-order valence-corrected chi connectivity index (χ3v) is 5.00. The number of halogens is 2. The van der Waals surface area contributed by atoms with E-state index in [2.05, 4.69) is 22.3 Å². The molecule has 0 aromatic heterocycles. The van der Waals surface area contributed by atoms with Gasteiger partial charge in [-0.15, -0.1) is 0 Å². The Morgan fingerprint density at radius 2 is 1.93 bits per heavy atom. The fourth-order valence-corrected chi connectivity index (χ4v) is 3.76. The summed E-state index contributed by atoms with van der Waals surface area (Å²) in [5, 5.41) is 2.83. The van der Waals surface area contributed by atoms with Crippen molar-refractivity contribution in [1.82, 2.24) is 10.2 Å². The van der Waals surface area contributed by atoms with Gasteiger partial charge in [-0.3, -0.25) is 4.90 Å². The lowest BCUT2D eigenvalue weighted by Crippen LogP contribution is -2.39. The number of nitrogens with zero attached hydrogens (tertiary/aromatic N) is 1. The average molecular weight is 402 g/mol. The van der Waals surface area contributed by atoms with Gasteiger partial charge in [0.1, 0.15) is 17.2 Å². The van der Waals surface area contributed by atoms with E-state index in [0.29, 0.717) is 6.54 Å². The highest BCUT2D eigenvalue weighted by Crippen LogP contribution is 2.33. The Kier molecular flexibility index (Phi) is 6.52. The molecule has 0 saturated carbocycles. The zero-order valence-corrected chi connectivity index (χ0v) is 17.1. The Labute approximate surface area is 170 Å². The number of carbonyl (C=O) groups excluding carboxylic acids is 1. The molecule has 0 spiro atoms. The van der Waals surface area contributed by atoms with Crippen molar-refractivity contribution in [3.8, 4) is 0 Å². The number of hydrogen-bond donors (Lipinski definition) is 1. The van der Waals surface area contributed by atoms with Crippen LogP contribution in [0.5, 0.6) is 0 Å². The van der Waals surface area contributed by atoms with Crippen molar-refractivity contribution in [2.45, 2.75) is 45.4 Å². The predicted octanol–water partition coefficient (Wildman–Crippen LogP) is 5.05. The Hall–Kier alpha value is -2.47. The molecule has 1 saturated heterocycles. The van der Waals surface area contributed by atoms with Gasteiger partial charge in [-0.25, -0.2) is 13.6 Å². The Morgan fingerprint density at radius 3 is 2.59 bits per heavy atom. The SMILES string of the molecule is CC(C)(C)OC(=O)N[C@@H](c1ccc(F)cc1F)[C@@H]1CCN(Cc2ccccc2)C1. The first kappa shape index (κ1) is 21.2. The molecule has 1 fully saturated rings. The van der Waals surface area contributed by atoms with Crippen LogP contribution < -0.4 is 5.32 Å². The van der Waals surface area contributed by atoms with Gasteiger partial charge in [0.25, 0.3) is 0 Å². The van der Waals surface area contributed by atoms with Crippen LogP contribution in [0.15, 0.2) is 48.5 Å². The Bertz CT molecular complexity index is 837. The van der Waals surface area contributed by atoms with E-state index in [1.54, 1.807) is 20.8 Å². The summed E-state index contributed by atoms with van der Waals surface area (Å²) in [4.78, 5) is 14.7. The van der Waals surface area contributed by atoms with E-state index < -0.39 is 29.4 Å². The maximum atomic E-state index is 14.5. The van der Waals surface area contributed by atoms with Gasteiger partial charge in [0, 0.05) is 24.7 Å². The van der Waals surface area contributed by atoms with Crippen LogP contribution in [0.2, 0.25) is 0 Å². The fourth-order valence-electron chi connectivity index (χ4n) is 3.76. The Morgan fingerprint density at radius 1 is 1.21 bits per heavy atom. The fraction of sp³-hybridized carbons (Fsp3) is 0.435. The minimum atomic E-state index is -0.662.